The van der Waals surface area contributed by atoms with Gasteiger partial charge < -0.3 is 9.84 Å². The van der Waals surface area contributed by atoms with Crippen molar-refractivity contribution in [1.82, 2.24) is 4.98 Å². The van der Waals surface area contributed by atoms with E-state index in [1.165, 1.54) is 36.5 Å². The smallest absolute Gasteiger partial charge is 0.358 e. The summed E-state index contributed by atoms with van der Waals surface area (Å²) in [4.78, 5) is 24.9. The minimum atomic E-state index is -1.31. The molecule has 0 radical (unpaired) electrons. The van der Waals surface area contributed by atoms with Gasteiger partial charge in [0, 0.05) is 12.3 Å². The minimum Gasteiger partial charge on any atom is -0.476 e. The SMILES string of the molecule is O=C(O)c1ncccc1Oc1c(Cl)cccc1[N+](=O)[O-]. The van der Waals surface area contributed by atoms with E-state index in [2.05, 4.69) is 4.98 Å². The van der Waals surface area contributed by atoms with Crippen LogP contribution < -0.4 is 4.74 Å². The molecule has 0 bridgehead atoms. The molecule has 2 aromatic rings. The molecule has 0 saturated heterocycles. The molecular formula is C12H7ClN2O5. The Balaban J connectivity index is 2.51. The maximum Gasteiger partial charge on any atom is 0.358 e. The molecule has 20 heavy (non-hydrogen) atoms. The molecule has 1 N–H and O–H groups in total. The number of hydrogen-bond donors (Lipinski definition) is 1. The van der Waals surface area contributed by atoms with E-state index in [1.807, 2.05) is 0 Å². The Kier molecular flexibility index (Phi) is 3.81. The first-order valence-corrected chi connectivity index (χ1v) is 5.67. The Hall–Kier alpha value is -2.67. The van der Waals surface area contributed by atoms with Crippen LogP contribution in [0.3, 0.4) is 0 Å². The standard InChI is InChI=1S/C12H7ClN2O5/c13-7-3-1-4-8(15(18)19)11(7)20-9-5-2-6-14-10(9)12(16)17/h1-6H,(H,16,17). The number of hydrogen-bond acceptors (Lipinski definition) is 5. The highest BCUT2D eigenvalue weighted by atomic mass is 35.5. The Morgan fingerprint density at radius 1 is 1.35 bits per heavy atom. The molecule has 102 valence electrons. The molecule has 8 heteroatoms. The molecule has 1 aromatic carbocycles. The van der Waals surface area contributed by atoms with E-state index in [0.29, 0.717) is 0 Å². The third-order valence-electron chi connectivity index (χ3n) is 2.33. The van der Waals surface area contributed by atoms with Crippen LogP contribution in [0.2, 0.25) is 5.02 Å². The molecule has 0 atom stereocenters. The fraction of sp³-hybridized carbons (Fsp3) is 0. The predicted octanol–water partition coefficient (Wildman–Crippen LogP) is 3.13. The molecule has 0 unspecified atom stereocenters. The fourth-order valence-corrected chi connectivity index (χ4v) is 1.69. The maximum atomic E-state index is 11.0. The van der Waals surface area contributed by atoms with Gasteiger partial charge in [-0.15, -0.1) is 0 Å². The van der Waals surface area contributed by atoms with Crippen LogP contribution in [0.15, 0.2) is 36.5 Å². The normalized spacial score (nSPS) is 10.1. The van der Waals surface area contributed by atoms with Crippen molar-refractivity contribution in [2.75, 3.05) is 0 Å². The second-order valence-electron chi connectivity index (χ2n) is 3.60. The van der Waals surface area contributed by atoms with Gasteiger partial charge in [0.2, 0.25) is 5.75 Å². The lowest BCUT2D eigenvalue weighted by Crippen LogP contribution is -2.03. The molecule has 1 aromatic heterocycles. The van der Waals surface area contributed by atoms with Crippen LogP contribution in [-0.2, 0) is 0 Å². The summed E-state index contributed by atoms with van der Waals surface area (Å²) in [5, 5.41) is 19.9. The number of nitrogens with zero attached hydrogens (tertiary/aromatic N) is 2. The molecule has 0 amide bonds. The third kappa shape index (κ3) is 2.67. The second-order valence-corrected chi connectivity index (χ2v) is 4.01. The van der Waals surface area contributed by atoms with Crippen molar-refractivity contribution in [2.24, 2.45) is 0 Å². The lowest BCUT2D eigenvalue weighted by atomic mass is 10.3. The zero-order valence-corrected chi connectivity index (χ0v) is 10.6. The van der Waals surface area contributed by atoms with E-state index in [9.17, 15) is 14.9 Å². The number of rotatable bonds is 4. The number of carboxylic acid groups (broad SMARTS) is 1. The minimum absolute atomic E-state index is 0.000563. The number of aromatic nitrogens is 1. The van der Waals surface area contributed by atoms with Crippen molar-refractivity contribution in [1.29, 1.82) is 0 Å². The van der Waals surface area contributed by atoms with E-state index in [-0.39, 0.29) is 27.9 Å². The fourth-order valence-electron chi connectivity index (χ4n) is 1.49. The van der Waals surface area contributed by atoms with E-state index in [1.54, 1.807) is 0 Å². The van der Waals surface area contributed by atoms with E-state index >= 15 is 0 Å². The Morgan fingerprint density at radius 3 is 2.75 bits per heavy atom. The number of nitro benzene ring substituents is 1. The predicted molar refractivity (Wildman–Crippen MR) is 69.4 cm³/mol. The molecule has 2 rings (SSSR count). The van der Waals surface area contributed by atoms with Gasteiger partial charge in [-0.3, -0.25) is 10.1 Å². The van der Waals surface area contributed by atoms with Crippen molar-refractivity contribution in [3.05, 3.63) is 57.4 Å². The van der Waals surface area contributed by atoms with Crippen molar-refractivity contribution in [3.63, 3.8) is 0 Å². The van der Waals surface area contributed by atoms with Crippen molar-refractivity contribution >= 4 is 23.3 Å². The summed E-state index contributed by atoms with van der Waals surface area (Å²) < 4.78 is 5.28. The van der Waals surface area contributed by atoms with Crippen LogP contribution in [0.4, 0.5) is 5.69 Å². The summed E-state index contributed by atoms with van der Waals surface area (Å²) in [6.45, 7) is 0. The lowest BCUT2D eigenvalue weighted by Gasteiger charge is -2.09. The topological polar surface area (TPSA) is 103 Å². The summed E-state index contributed by atoms with van der Waals surface area (Å²) in [7, 11) is 0. The molecule has 0 aliphatic rings. The summed E-state index contributed by atoms with van der Waals surface area (Å²) in [6.07, 6.45) is 1.28. The zero-order chi connectivity index (χ0) is 14.7. The van der Waals surface area contributed by atoms with Gasteiger partial charge in [-0.05, 0) is 18.2 Å². The molecule has 1 heterocycles. The maximum absolute atomic E-state index is 11.0. The van der Waals surface area contributed by atoms with Gasteiger partial charge >= 0.3 is 11.7 Å². The highest BCUT2D eigenvalue weighted by molar-refractivity contribution is 6.32. The Labute approximate surface area is 117 Å². The quantitative estimate of drug-likeness (QED) is 0.686. The van der Waals surface area contributed by atoms with Gasteiger partial charge in [0.15, 0.2) is 11.4 Å². The first-order valence-electron chi connectivity index (χ1n) is 5.29. The number of carbonyl (C=O) groups is 1. The summed E-state index contributed by atoms with van der Waals surface area (Å²) in [6, 6.07) is 6.79. The van der Waals surface area contributed by atoms with Crippen LogP contribution in [0.5, 0.6) is 11.5 Å². The highest BCUT2D eigenvalue weighted by Crippen LogP contribution is 2.38. The molecule has 0 spiro atoms. The van der Waals surface area contributed by atoms with Crippen LogP contribution in [0.25, 0.3) is 0 Å². The van der Waals surface area contributed by atoms with E-state index in [0.717, 1.165) is 0 Å². The van der Waals surface area contributed by atoms with Gasteiger partial charge in [0.25, 0.3) is 0 Å². The Morgan fingerprint density at radius 2 is 2.10 bits per heavy atom. The average molecular weight is 295 g/mol. The molecular weight excluding hydrogens is 288 g/mol. The first-order chi connectivity index (χ1) is 9.50. The van der Waals surface area contributed by atoms with Crippen LogP contribution in [-0.4, -0.2) is 21.0 Å². The van der Waals surface area contributed by atoms with Crippen LogP contribution in [0.1, 0.15) is 10.5 Å². The van der Waals surface area contributed by atoms with E-state index in [4.69, 9.17) is 21.4 Å². The molecule has 7 nitrogen and oxygen atoms in total. The van der Waals surface area contributed by atoms with Gasteiger partial charge in [-0.1, -0.05) is 17.7 Å². The number of benzene rings is 1. The summed E-state index contributed by atoms with van der Waals surface area (Å²) >= 11 is 5.86. The first kappa shape index (κ1) is 13.8. The van der Waals surface area contributed by atoms with Gasteiger partial charge in [0.1, 0.15) is 0 Å². The van der Waals surface area contributed by atoms with Gasteiger partial charge in [0.05, 0.1) is 9.95 Å². The van der Waals surface area contributed by atoms with Gasteiger partial charge in [-0.2, -0.15) is 0 Å². The number of ether oxygens (including phenoxy) is 1. The van der Waals surface area contributed by atoms with Crippen LogP contribution >= 0.6 is 11.6 Å². The number of halogens is 1. The number of carboxylic acids is 1. The zero-order valence-electron chi connectivity index (χ0n) is 9.82. The average Bonchev–Trinajstić information content (AvgIpc) is 2.41. The monoisotopic (exact) mass is 294 g/mol. The lowest BCUT2D eigenvalue weighted by molar-refractivity contribution is -0.385. The molecule has 0 fully saturated rings. The largest absolute Gasteiger partial charge is 0.476 e. The summed E-state index contributed by atoms with van der Waals surface area (Å²) in [5.41, 5.74) is -0.723. The third-order valence-corrected chi connectivity index (χ3v) is 2.63. The molecule has 0 saturated carbocycles. The second kappa shape index (κ2) is 5.54. The number of pyridine rings is 1. The molecule has 0 aliphatic carbocycles. The van der Waals surface area contributed by atoms with E-state index < -0.39 is 10.9 Å². The van der Waals surface area contributed by atoms with Gasteiger partial charge in [-0.25, -0.2) is 9.78 Å². The number of aromatic carboxylic acids is 1. The number of nitro groups is 1. The molecule has 0 aliphatic heterocycles. The van der Waals surface area contributed by atoms with Crippen molar-refractivity contribution in [2.45, 2.75) is 0 Å². The Bertz CT molecular complexity index is 689. The highest BCUT2D eigenvalue weighted by Gasteiger charge is 2.21. The summed E-state index contributed by atoms with van der Waals surface area (Å²) in [5.74, 6) is -1.67. The van der Waals surface area contributed by atoms with Crippen LogP contribution in [0, 0.1) is 10.1 Å². The number of para-hydroxylation sites is 1. The van der Waals surface area contributed by atoms with Crippen molar-refractivity contribution in [3.8, 4) is 11.5 Å². The van der Waals surface area contributed by atoms with Crippen molar-refractivity contribution < 1.29 is 19.6 Å².